The highest BCUT2D eigenvalue weighted by molar-refractivity contribution is 9.09. The molecule has 0 amide bonds. The monoisotopic (exact) mass is 228 g/mol. The lowest BCUT2D eigenvalue weighted by Gasteiger charge is -2.30. The predicted octanol–water partition coefficient (Wildman–Crippen LogP) is 4.05. The molecular weight excluding hydrogens is 212 g/mol. The zero-order valence-corrected chi connectivity index (χ0v) is 9.20. The highest BCUT2D eigenvalue weighted by Gasteiger charge is 2.33. The first-order valence-electron chi connectivity index (χ1n) is 5.11. The molecular formula is C11H17Br. The van der Waals surface area contributed by atoms with Crippen molar-refractivity contribution in [2.75, 3.05) is 5.33 Å². The average Bonchev–Trinajstić information content (AvgIpc) is 2.53. The summed E-state index contributed by atoms with van der Waals surface area (Å²) in [7, 11) is 0. The zero-order valence-electron chi connectivity index (χ0n) is 7.61. The Balaban J connectivity index is 2.14. The number of hydrogen-bond donors (Lipinski definition) is 0. The third-order valence-corrected chi connectivity index (χ3v) is 4.17. The van der Waals surface area contributed by atoms with E-state index in [9.17, 15) is 0 Å². The molecule has 0 aromatic heterocycles. The molecule has 2 rings (SSSR count). The Hall–Kier alpha value is 0.220. The molecule has 1 spiro atoms. The maximum Gasteiger partial charge on any atom is 0.0242 e. The van der Waals surface area contributed by atoms with Crippen molar-refractivity contribution in [3.8, 4) is 0 Å². The standard InChI is InChI=1S/C11H17Br/c12-9-10-4-3-7-11(8-10)5-1-2-6-11/h8H,1-7,9H2. The second kappa shape index (κ2) is 3.53. The maximum atomic E-state index is 3.57. The van der Waals surface area contributed by atoms with E-state index < -0.39 is 0 Å². The van der Waals surface area contributed by atoms with Crippen LogP contribution in [0.5, 0.6) is 0 Å². The van der Waals surface area contributed by atoms with E-state index in [0.29, 0.717) is 5.41 Å². The number of rotatable bonds is 1. The molecule has 0 heterocycles. The van der Waals surface area contributed by atoms with Gasteiger partial charge in [0, 0.05) is 5.33 Å². The Bertz CT molecular complexity index is 187. The molecule has 1 heteroatoms. The lowest BCUT2D eigenvalue weighted by molar-refractivity contribution is 0.333. The average molecular weight is 229 g/mol. The topological polar surface area (TPSA) is 0 Å². The van der Waals surface area contributed by atoms with Crippen molar-refractivity contribution in [1.29, 1.82) is 0 Å². The van der Waals surface area contributed by atoms with Crippen LogP contribution in [-0.2, 0) is 0 Å². The van der Waals surface area contributed by atoms with Gasteiger partial charge in [0.05, 0.1) is 0 Å². The van der Waals surface area contributed by atoms with Crippen LogP contribution in [0.2, 0.25) is 0 Å². The molecule has 0 aromatic carbocycles. The van der Waals surface area contributed by atoms with Crippen molar-refractivity contribution < 1.29 is 0 Å². The fourth-order valence-corrected chi connectivity index (χ4v) is 3.27. The van der Waals surface area contributed by atoms with Gasteiger partial charge >= 0.3 is 0 Å². The molecule has 0 aliphatic heterocycles. The summed E-state index contributed by atoms with van der Waals surface area (Å²) in [6.07, 6.45) is 12.7. The molecule has 2 aliphatic rings. The van der Waals surface area contributed by atoms with E-state index in [-0.39, 0.29) is 0 Å². The summed E-state index contributed by atoms with van der Waals surface area (Å²) in [6, 6.07) is 0. The second-order valence-electron chi connectivity index (χ2n) is 4.36. The van der Waals surface area contributed by atoms with Crippen molar-refractivity contribution in [3.05, 3.63) is 11.6 Å². The first-order valence-corrected chi connectivity index (χ1v) is 6.23. The van der Waals surface area contributed by atoms with Gasteiger partial charge in [0.25, 0.3) is 0 Å². The smallest absolute Gasteiger partial charge is 0.0242 e. The minimum Gasteiger partial charge on any atom is -0.0880 e. The molecule has 0 N–H and O–H groups in total. The van der Waals surface area contributed by atoms with E-state index in [1.54, 1.807) is 5.57 Å². The van der Waals surface area contributed by atoms with Gasteiger partial charge in [0.2, 0.25) is 0 Å². The quantitative estimate of drug-likeness (QED) is 0.470. The Morgan fingerprint density at radius 1 is 1.17 bits per heavy atom. The van der Waals surface area contributed by atoms with E-state index in [0.717, 1.165) is 5.33 Å². The van der Waals surface area contributed by atoms with Gasteiger partial charge in [-0.05, 0) is 37.5 Å². The van der Waals surface area contributed by atoms with Crippen molar-refractivity contribution >= 4 is 15.9 Å². The zero-order chi connectivity index (χ0) is 8.44. The summed E-state index contributed by atoms with van der Waals surface area (Å²) < 4.78 is 0. The van der Waals surface area contributed by atoms with E-state index in [1.165, 1.54) is 44.9 Å². The SMILES string of the molecule is BrCC1=CC2(CCCC2)CCC1. The molecule has 0 unspecified atom stereocenters. The van der Waals surface area contributed by atoms with Gasteiger partial charge in [0.1, 0.15) is 0 Å². The van der Waals surface area contributed by atoms with Gasteiger partial charge in [-0.1, -0.05) is 40.4 Å². The lowest BCUT2D eigenvalue weighted by Crippen LogP contribution is -2.17. The summed E-state index contributed by atoms with van der Waals surface area (Å²) in [5.74, 6) is 0. The number of halogens is 1. The third-order valence-electron chi connectivity index (χ3n) is 3.45. The van der Waals surface area contributed by atoms with Crippen molar-refractivity contribution in [2.45, 2.75) is 44.9 Å². The van der Waals surface area contributed by atoms with Crippen LogP contribution < -0.4 is 0 Å². The van der Waals surface area contributed by atoms with Crippen LogP contribution in [0.15, 0.2) is 11.6 Å². The van der Waals surface area contributed by atoms with Gasteiger partial charge in [-0.2, -0.15) is 0 Å². The Labute approximate surface area is 83.6 Å². The van der Waals surface area contributed by atoms with Crippen molar-refractivity contribution in [3.63, 3.8) is 0 Å². The van der Waals surface area contributed by atoms with E-state index in [4.69, 9.17) is 0 Å². The summed E-state index contributed by atoms with van der Waals surface area (Å²) in [4.78, 5) is 0. The molecule has 0 atom stereocenters. The Kier molecular flexibility index (Phi) is 2.59. The molecule has 12 heavy (non-hydrogen) atoms. The summed E-state index contributed by atoms with van der Waals surface area (Å²) >= 11 is 3.57. The Morgan fingerprint density at radius 2 is 1.83 bits per heavy atom. The van der Waals surface area contributed by atoms with Gasteiger partial charge in [-0.3, -0.25) is 0 Å². The molecule has 0 bridgehead atoms. The molecule has 1 saturated carbocycles. The van der Waals surface area contributed by atoms with Crippen LogP contribution >= 0.6 is 15.9 Å². The summed E-state index contributed by atoms with van der Waals surface area (Å²) in [5, 5.41) is 1.11. The molecule has 68 valence electrons. The Morgan fingerprint density at radius 3 is 2.50 bits per heavy atom. The minimum atomic E-state index is 0.654. The molecule has 0 nitrogen and oxygen atoms in total. The first kappa shape index (κ1) is 8.80. The normalized spacial score (nSPS) is 27.6. The largest absolute Gasteiger partial charge is 0.0880 e. The minimum absolute atomic E-state index is 0.654. The number of hydrogen-bond acceptors (Lipinski definition) is 0. The number of alkyl halides is 1. The van der Waals surface area contributed by atoms with E-state index in [1.807, 2.05) is 0 Å². The fourth-order valence-electron chi connectivity index (χ4n) is 2.82. The maximum absolute atomic E-state index is 3.57. The van der Waals surface area contributed by atoms with Crippen LogP contribution in [-0.4, -0.2) is 5.33 Å². The van der Waals surface area contributed by atoms with Crippen LogP contribution in [0, 0.1) is 5.41 Å². The molecule has 0 radical (unpaired) electrons. The predicted molar refractivity (Wildman–Crippen MR) is 56.6 cm³/mol. The second-order valence-corrected chi connectivity index (χ2v) is 4.92. The van der Waals surface area contributed by atoms with Crippen molar-refractivity contribution in [1.82, 2.24) is 0 Å². The van der Waals surface area contributed by atoms with Gasteiger partial charge in [0.15, 0.2) is 0 Å². The van der Waals surface area contributed by atoms with Crippen LogP contribution in [0.4, 0.5) is 0 Å². The molecule has 0 aromatic rings. The van der Waals surface area contributed by atoms with Gasteiger partial charge in [-0.15, -0.1) is 0 Å². The van der Waals surface area contributed by atoms with E-state index >= 15 is 0 Å². The number of allylic oxidation sites excluding steroid dienone is 2. The van der Waals surface area contributed by atoms with Gasteiger partial charge in [-0.25, -0.2) is 0 Å². The molecule has 0 saturated heterocycles. The van der Waals surface area contributed by atoms with Crippen LogP contribution in [0.1, 0.15) is 44.9 Å². The van der Waals surface area contributed by atoms with Crippen LogP contribution in [0.25, 0.3) is 0 Å². The van der Waals surface area contributed by atoms with Crippen molar-refractivity contribution in [2.24, 2.45) is 5.41 Å². The first-order chi connectivity index (χ1) is 5.85. The third kappa shape index (κ3) is 1.61. The summed E-state index contributed by atoms with van der Waals surface area (Å²) in [5.41, 5.74) is 2.31. The molecule has 2 aliphatic carbocycles. The lowest BCUT2D eigenvalue weighted by atomic mass is 9.75. The summed E-state index contributed by atoms with van der Waals surface area (Å²) in [6.45, 7) is 0. The fraction of sp³-hybridized carbons (Fsp3) is 0.818. The van der Waals surface area contributed by atoms with Crippen LogP contribution in [0.3, 0.4) is 0 Å². The molecule has 1 fully saturated rings. The highest BCUT2D eigenvalue weighted by Crippen LogP contribution is 2.47. The highest BCUT2D eigenvalue weighted by atomic mass is 79.9. The van der Waals surface area contributed by atoms with Gasteiger partial charge < -0.3 is 0 Å². The van der Waals surface area contributed by atoms with E-state index in [2.05, 4.69) is 22.0 Å².